The van der Waals surface area contributed by atoms with Crippen LogP contribution in [0.25, 0.3) is 0 Å². The van der Waals surface area contributed by atoms with Crippen LogP contribution in [0.15, 0.2) is 12.4 Å². The van der Waals surface area contributed by atoms with Gasteiger partial charge in [0.1, 0.15) is 0 Å². The summed E-state index contributed by atoms with van der Waals surface area (Å²) in [5.41, 5.74) is 6.40. The van der Waals surface area contributed by atoms with E-state index in [9.17, 15) is 12.8 Å². The lowest BCUT2D eigenvalue weighted by atomic mass is 10.1. The van der Waals surface area contributed by atoms with Crippen molar-refractivity contribution >= 4 is 21.4 Å². The molecule has 2 N–H and O–H groups in total. The first kappa shape index (κ1) is 16.4. The molecule has 3 heterocycles. The molecule has 1 aromatic heterocycles. The summed E-state index contributed by atoms with van der Waals surface area (Å²) in [5.74, 6) is -0.473. The van der Waals surface area contributed by atoms with Crippen molar-refractivity contribution in [2.45, 2.75) is 18.1 Å². The Morgan fingerprint density at radius 1 is 1.17 bits per heavy atom. The lowest BCUT2D eigenvalue weighted by Gasteiger charge is -2.36. The fourth-order valence-corrected chi connectivity index (χ4v) is 5.05. The van der Waals surface area contributed by atoms with Crippen LogP contribution in [0.2, 0.25) is 0 Å². The fraction of sp³-hybridized carbons (Fsp3) is 0.643. The number of halogens is 1. The molecular weight excluding hydrogens is 323 g/mol. The van der Waals surface area contributed by atoms with E-state index in [2.05, 4.69) is 4.98 Å². The minimum absolute atomic E-state index is 0.277. The second kappa shape index (κ2) is 6.58. The first-order chi connectivity index (χ1) is 11.0. The van der Waals surface area contributed by atoms with E-state index in [0.717, 1.165) is 6.20 Å². The monoisotopic (exact) mass is 344 g/mol. The zero-order valence-electron chi connectivity index (χ0n) is 12.8. The summed E-state index contributed by atoms with van der Waals surface area (Å²) in [6.45, 7) is 2.62. The highest BCUT2D eigenvalue weighted by molar-refractivity contribution is 7.89. The smallest absolute Gasteiger partial charge is 0.217 e. The van der Waals surface area contributed by atoms with Crippen LogP contribution in [-0.2, 0) is 14.8 Å². The number of hydrogen-bond donors (Lipinski definition) is 1. The van der Waals surface area contributed by atoms with Crippen LogP contribution in [0, 0.1) is 5.82 Å². The van der Waals surface area contributed by atoms with E-state index in [-0.39, 0.29) is 5.69 Å². The van der Waals surface area contributed by atoms with Crippen LogP contribution < -0.4 is 10.6 Å². The van der Waals surface area contributed by atoms with Gasteiger partial charge >= 0.3 is 0 Å². The van der Waals surface area contributed by atoms with Gasteiger partial charge in [0.05, 0.1) is 42.2 Å². The second-order valence-corrected chi connectivity index (χ2v) is 8.01. The second-order valence-electron chi connectivity index (χ2n) is 5.80. The molecule has 2 aliphatic rings. The maximum Gasteiger partial charge on any atom is 0.217 e. The molecule has 1 aromatic rings. The number of nitrogens with zero attached hydrogens (tertiary/aromatic N) is 3. The number of sulfonamides is 1. The molecule has 3 rings (SSSR count). The van der Waals surface area contributed by atoms with Crippen molar-refractivity contribution in [1.82, 2.24) is 9.29 Å². The zero-order valence-corrected chi connectivity index (χ0v) is 13.6. The molecular formula is C14H21FN4O3S. The van der Waals surface area contributed by atoms with E-state index in [1.165, 1.54) is 10.5 Å². The highest BCUT2D eigenvalue weighted by Crippen LogP contribution is 2.30. The quantitative estimate of drug-likeness (QED) is 0.856. The van der Waals surface area contributed by atoms with Gasteiger partial charge in [0.15, 0.2) is 5.82 Å². The molecule has 7 nitrogen and oxygen atoms in total. The van der Waals surface area contributed by atoms with Gasteiger partial charge in [-0.2, -0.15) is 4.31 Å². The first-order valence-electron chi connectivity index (χ1n) is 7.71. The Labute approximate surface area is 135 Å². The molecule has 23 heavy (non-hydrogen) atoms. The highest BCUT2D eigenvalue weighted by atomic mass is 32.2. The van der Waals surface area contributed by atoms with Gasteiger partial charge < -0.3 is 15.4 Å². The Morgan fingerprint density at radius 3 is 2.43 bits per heavy atom. The molecule has 0 aromatic carbocycles. The number of rotatable bonds is 3. The van der Waals surface area contributed by atoms with Crippen molar-refractivity contribution in [1.29, 1.82) is 0 Å². The van der Waals surface area contributed by atoms with Gasteiger partial charge in [0.25, 0.3) is 0 Å². The van der Waals surface area contributed by atoms with Gasteiger partial charge in [-0.25, -0.2) is 12.8 Å². The molecule has 0 aliphatic carbocycles. The number of nitrogen functional groups attached to an aromatic ring is 1. The maximum absolute atomic E-state index is 13.9. The Hall–Kier alpha value is -1.45. The van der Waals surface area contributed by atoms with Crippen LogP contribution in [0.4, 0.5) is 15.8 Å². The van der Waals surface area contributed by atoms with Crippen molar-refractivity contribution in [3.05, 3.63) is 18.2 Å². The summed E-state index contributed by atoms with van der Waals surface area (Å²) in [6.07, 6.45) is 3.46. The minimum atomic E-state index is -3.32. The number of aromatic nitrogens is 1. The van der Waals surface area contributed by atoms with Crippen molar-refractivity contribution in [3.63, 3.8) is 0 Å². The summed E-state index contributed by atoms with van der Waals surface area (Å²) >= 11 is 0. The van der Waals surface area contributed by atoms with Crippen molar-refractivity contribution in [2.24, 2.45) is 0 Å². The fourth-order valence-electron chi connectivity index (χ4n) is 3.17. The molecule has 0 saturated carbocycles. The topological polar surface area (TPSA) is 88.8 Å². The Bertz CT molecular complexity index is 636. The molecule has 0 radical (unpaired) electrons. The summed E-state index contributed by atoms with van der Waals surface area (Å²) in [4.78, 5) is 5.52. The van der Waals surface area contributed by atoms with Gasteiger partial charge in [-0.3, -0.25) is 4.98 Å². The minimum Gasteiger partial charge on any atom is -0.396 e. The molecule has 0 spiro atoms. The van der Waals surface area contributed by atoms with Crippen LogP contribution in [0.3, 0.4) is 0 Å². The number of ether oxygens (including phenoxy) is 1. The van der Waals surface area contributed by atoms with E-state index < -0.39 is 21.1 Å². The van der Waals surface area contributed by atoms with E-state index in [0.29, 0.717) is 57.9 Å². The number of piperidine rings is 1. The molecule has 0 unspecified atom stereocenters. The average Bonchev–Trinajstić information content (AvgIpc) is 2.56. The summed E-state index contributed by atoms with van der Waals surface area (Å²) < 4.78 is 46.0. The van der Waals surface area contributed by atoms with Gasteiger partial charge in [-0.05, 0) is 12.8 Å². The normalized spacial score (nSPS) is 21.5. The van der Waals surface area contributed by atoms with Crippen LogP contribution in [0.1, 0.15) is 12.8 Å². The van der Waals surface area contributed by atoms with Crippen LogP contribution in [-0.4, -0.2) is 62.3 Å². The molecule has 9 heteroatoms. The average molecular weight is 344 g/mol. The van der Waals surface area contributed by atoms with E-state index in [1.54, 1.807) is 4.90 Å². The number of nitrogens with two attached hydrogens (primary N) is 1. The summed E-state index contributed by atoms with van der Waals surface area (Å²) in [7, 11) is -3.32. The van der Waals surface area contributed by atoms with Gasteiger partial charge in [-0.1, -0.05) is 0 Å². The Balaban J connectivity index is 1.68. The van der Waals surface area contributed by atoms with Crippen molar-refractivity contribution in [2.75, 3.05) is 50.0 Å². The van der Waals surface area contributed by atoms with Gasteiger partial charge in [0.2, 0.25) is 10.0 Å². The largest absolute Gasteiger partial charge is 0.396 e. The molecule has 0 bridgehead atoms. The summed E-state index contributed by atoms with van der Waals surface area (Å²) in [6, 6.07) is 0. The van der Waals surface area contributed by atoms with Gasteiger partial charge in [-0.15, -0.1) is 0 Å². The molecule has 0 atom stereocenters. The van der Waals surface area contributed by atoms with Crippen LogP contribution >= 0.6 is 0 Å². The highest BCUT2D eigenvalue weighted by Gasteiger charge is 2.36. The summed E-state index contributed by atoms with van der Waals surface area (Å²) in [5, 5.41) is -0.428. The number of anilines is 2. The molecule has 0 amide bonds. The third kappa shape index (κ3) is 3.26. The predicted octanol–water partition coefficient (Wildman–Crippen LogP) is 0.434. The number of pyridine rings is 1. The Kier molecular flexibility index (Phi) is 4.69. The number of morpholine rings is 1. The molecule has 2 fully saturated rings. The van der Waals surface area contributed by atoms with Gasteiger partial charge in [0, 0.05) is 26.2 Å². The molecule has 2 saturated heterocycles. The van der Waals surface area contributed by atoms with E-state index >= 15 is 0 Å². The first-order valence-corrected chi connectivity index (χ1v) is 9.21. The van der Waals surface area contributed by atoms with Crippen molar-refractivity contribution in [3.8, 4) is 0 Å². The third-order valence-electron chi connectivity index (χ3n) is 4.41. The van der Waals surface area contributed by atoms with E-state index in [4.69, 9.17) is 10.5 Å². The lowest BCUT2D eigenvalue weighted by molar-refractivity contribution is 0.0724. The molecule has 2 aliphatic heterocycles. The van der Waals surface area contributed by atoms with Crippen LogP contribution in [0.5, 0.6) is 0 Å². The Morgan fingerprint density at radius 2 is 1.83 bits per heavy atom. The SMILES string of the molecule is Nc1cncc(F)c1N1CCC(S(=O)(=O)N2CCOCC2)CC1. The predicted molar refractivity (Wildman–Crippen MR) is 85.2 cm³/mol. The third-order valence-corrected chi connectivity index (χ3v) is 6.81. The maximum atomic E-state index is 13.9. The lowest BCUT2D eigenvalue weighted by Crippen LogP contribution is -2.49. The zero-order chi connectivity index (χ0) is 16.4. The van der Waals surface area contributed by atoms with E-state index in [1.807, 2.05) is 0 Å². The van der Waals surface area contributed by atoms with Crippen molar-refractivity contribution < 1.29 is 17.5 Å². The molecule has 128 valence electrons. The number of hydrogen-bond acceptors (Lipinski definition) is 6. The standard InChI is InChI=1S/C14H21FN4O3S/c15-12-9-17-10-13(16)14(12)18-3-1-11(2-4-18)23(20,21)19-5-7-22-8-6-19/h9-11H,1-8,16H2.